The second-order valence-electron chi connectivity index (χ2n) is 5.42. The van der Waals surface area contributed by atoms with E-state index in [0.29, 0.717) is 6.42 Å². The number of carbonyl (C=O) groups excluding carboxylic acids is 1. The van der Waals surface area contributed by atoms with Crippen LogP contribution in [0.25, 0.3) is 0 Å². The van der Waals surface area contributed by atoms with Crippen molar-refractivity contribution in [2.75, 3.05) is 31.1 Å². The quantitative estimate of drug-likeness (QED) is 0.662. The fraction of sp³-hybridized carbons (Fsp3) is 0.500. The number of non-ortho nitro benzene ring substituents is 1. The van der Waals surface area contributed by atoms with E-state index >= 15 is 0 Å². The van der Waals surface area contributed by atoms with Crippen molar-refractivity contribution in [3.05, 3.63) is 34.4 Å². The molecule has 7 heteroatoms. The van der Waals surface area contributed by atoms with Crippen LogP contribution >= 0.6 is 0 Å². The molecule has 0 aromatic heterocycles. The molecule has 0 bridgehead atoms. The third-order valence-corrected chi connectivity index (χ3v) is 4.15. The van der Waals surface area contributed by atoms with Gasteiger partial charge in [-0.15, -0.1) is 0 Å². The van der Waals surface area contributed by atoms with Crippen LogP contribution in [0.15, 0.2) is 24.3 Å². The number of benzene rings is 1. The van der Waals surface area contributed by atoms with Gasteiger partial charge in [0, 0.05) is 50.4 Å². The van der Waals surface area contributed by atoms with E-state index in [9.17, 15) is 14.9 Å². The van der Waals surface area contributed by atoms with E-state index in [4.69, 9.17) is 0 Å². The minimum absolute atomic E-state index is 0.117. The van der Waals surface area contributed by atoms with Crippen molar-refractivity contribution >= 4 is 17.3 Å². The monoisotopic (exact) mass is 290 g/mol. The zero-order chi connectivity index (χ0) is 14.8. The normalized spacial score (nSPS) is 23.1. The Kier molecular flexibility index (Phi) is 3.74. The third kappa shape index (κ3) is 2.97. The zero-order valence-corrected chi connectivity index (χ0v) is 11.7. The van der Waals surface area contributed by atoms with E-state index in [-0.39, 0.29) is 22.7 Å². The second kappa shape index (κ2) is 5.69. The Labute approximate surface area is 122 Å². The summed E-state index contributed by atoms with van der Waals surface area (Å²) in [5.41, 5.74) is 1.13. The number of hydrogen-bond acceptors (Lipinski definition) is 5. The maximum absolute atomic E-state index is 11.3. The zero-order valence-electron chi connectivity index (χ0n) is 11.7. The molecule has 1 amide bonds. The van der Waals surface area contributed by atoms with Gasteiger partial charge in [0.2, 0.25) is 5.91 Å². The van der Waals surface area contributed by atoms with E-state index in [1.54, 1.807) is 24.3 Å². The highest BCUT2D eigenvalue weighted by Crippen LogP contribution is 2.22. The first-order chi connectivity index (χ1) is 10.1. The van der Waals surface area contributed by atoms with Crippen LogP contribution in [0.2, 0.25) is 0 Å². The lowest BCUT2D eigenvalue weighted by Crippen LogP contribution is -2.53. The van der Waals surface area contributed by atoms with Crippen LogP contribution in [0.4, 0.5) is 11.4 Å². The highest BCUT2D eigenvalue weighted by molar-refractivity contribution is 5.78. The van der Waals surface area contributed by atoms with E-state index in [1.807, 2.05) is 0 Å². The molecule has 2 fully saturated rings. The van der Waals surface area contributed by atoms with Crippen LogP contribution in [-0.4, -0.2) is 48.1 Å². The Morgan fingerprint density at radius 3 is 2.33 bits per heavy atom. The number of nitro benzene ring substituents is 1. The summed E-state index contributed by atoms with van der Waals surface area (Å²) in [5.74, 6) is 0.137. The molecule has 0 saturated carbocycles. The van der Waals surface area contributed by atoms with Gasteiger partial charge in [0.05, 0.1) is 11.1 Å². The van der Waals surface area contributed by atoms with Crippen molar-refractivity contribution in [3.63, 3.8) is 0 Å². The molecule has 0 spiro atoms. The van der Waals surface area contributed by atoms with Gasteiger partial charge >= 0.3 is 0 Å². The number of nitrogens with zero attached hydrogens (tertiary/aromatic N) is 3. The van der Waals surface area contributed by atoms with Gasteiger partial charge in [0.15, 0.2) is 0 Å². The third-order valence-electron chi connectivity index (χ3n) is 4.15. The summed E-state index contributed by atoms with van der Waals surface area (Å²) in [5, 5.41) is 13.6. The first kappa shape index (κ1) is 13.8. The Bertz CT molecular complexity index is 538. The molecule has 2 saturated heterocycles. The molecule has 2 aliphatic heterocycles. The van der Waals surface area contributed by atoms with E-state index in [0.717, 1.165) is 38.3 Å². The molecule has 1 unspecified atom stereocenters. The molecule has 7 nitrogen and oxygen atoms in total. The number of hydrogen-bond donors (Lipinski definition) is 1. The molecular weight excluding hydrogens is 272 g/mol. The van der Waals surface area contributed by atoms with E-state index in [1.165, 1.54) is 0 Å². The number of nitro groups is 1. The molecule has 3 rings (SSSR count). The molecule has 1 aromatic rings. The first-order valence-corrected chi connectivity index (χ1v) is 7.16. The molecule has 1 N–H and O–H groups in total. The van der Waals surface area contributed by atoms with Crippen molar-refractivity contribution in [1.29, 1.82) is 0 Å². The number of anilines is 1. The van der Waals surface area contributed by atoms with Gasteiger partial charge in [-0.05, 0) is 18.6 Å². The molecule has 0 aliphatic carbocycles. The topological polar surface area (TPSA) is 78.7 Å². The fourth-order valence-corrected chi connectivity index (χ4v) is 2.95. The number of carbonyl (C=O) groups is 1. The van der Waals surface area contributed by atoms with Crippen LogP contribution in [0.5, 0.6) is 0 Å². The summed E-state index contributed by atoms with van der Waals surface area (Å²) in [6.45, 7) is 3.51. The maximum atomic E-state index is 11.3. The predicted octanol–water partition coefficient (Wildman–Crippen LogP) is 0.953. The average molecular weight is 290 g/mol. The smallest absolute Gasteiger partial charge is 0.269 e. The van der Waals surface area contributed by atoms with E-state index < -0.39 is 0 Å². The number of amides is 1. The summed E-state index contributed by atoms with van der Waals surface area (Å²) in [4.78, 5) is 26.1. The largest absolute Gasteiger partial charge is 0.369 e. The van der Waals surface area contributed by atoms with Crippen LogP contribution in [0.1, 0.15) is 12.8 Å². The van der Waals surface area contributed by atoms with Gasteiger partial charge in [0.25, 0.3) is 5.69 Å². The molecule has 0 radical (unpaired) electrons. The summed E-state index contributed by atoms with van der Waals surface area (Å²) >= 11 is 0. The lowest BCUT2D eigenvalue weighted by Gasteiger charge is -2.38. The van der Waals surface area contributed by atoms with Gasteiger partial charge in [-0.3, -0.25) is 19.8 Å². The van der Waals surface area contributed by atoms with Crippen molar-refractivity contribution in [2.24, 2.45) is 0 Å². The molecule has 1 atom stereocenters. The SMILES string of the molecule is O=C1CCC(N2CCN(c3ccc([N+](=O)[O-])cc3)CC2)N1. The van der Waals surface area contributed by atoms with Crippen LogP contribution < -0.4 is 10.2 Å². The van der Waals surface area contributed by atoms with Crippen LogP contribution in [-0.2, 0) is 4.79 Å². The molecule has 21 heavy (non-hydrogen) atoms. The lowest BCUT2D eigenvalue weighted by atomic mass is 10.2. The Hall–Kier alpha value is -2.15. The Balaban J connectivity index is 1.58. The van der Waals surface area contributed by atoms with Gasteiger partial charge < -0.3 is 10.2 Å². The number of nitrogens with one attached hydrogen (secondary N) is 1. The molecule has 2 aliphatic rings. The summed E-state index contributed by atoms with van der Waals surface area (Å²) < 4.78 is 0. The minimum atomic E-state index is -0.384. The Morgan fingerprint density at radius 2 is 1.81 bits per heavy atom. The fourth-order valence-electron chi connectivity index (χ4n) is 2.95. The summed E-state index contributed by atoms with van der Waals surface area (Å²) in [6, 6.07) is 6.67. The number of rotatable bonds is 3. The van der Waals surface area contributed by atoms with Gasteiger partial charge in [-0.2, -0.15) is 0 Å². The average Bonchev–Trinajstić information content (AvgIpc) is 2.94. The highest BCUT2D eigenvalue weighted by atomic mass is 16.6. The molecule has 2 heterocycles. The van der Waals surface area contributed by atoms with Crippen LogP contribution in [0, 0.1) is 10.1 Å². The maximum Gasteiger partial charge on any atom is 0.269 e. The summed E-state index contributed by atoms with van der Waals surface area (Å²) in [7, 11) is 0. The van der Waals surface area contributed by atoms with Crippen molar-refractivity contribution in [3.8, 4) is 0 Å². The highest BCUT2D eigenvalue weighted by Gasteiger charge is 2.29. The van der Waals surface area contributed by atoms with Crippen molar-refractivity contribution in [1.82, 2.24) is 10.2 Å². The van der Waals surface area contributed by atoms with Gasteiger partial charge in [-0.25, -0.2) is 0 Å². The summed E-state index contributed by atoms with van der Waals surface area (Å²) in [6.07, 6.45) is 1.68. The van der Waals surface area contributed by atoms with E-state index in [2.05, 4.69) is 15.1 Å². The van der Waals surface area contributed by atoms with Gasteiger partial charge in [0.1, 0.15) is 0 Å². The number of piperazine rings is 1. The first-order valence-electron chi connectivity index (χ1n) is 7.16. The predicted molar refractivity (Wildman–Crippen MR) is 78.0 cm³/mol. The van der Waals surface area contributed by atoms with Crippen LogP contribution in [0.3, 0.4) is 0 Å². The van der Waals surface area contributed by atoms with Crippen molar-refractivity contribution in [2.45, 2.75) is 19.0 Å². The second-order valence-corrected chi connectivity index (χ2v) is 5.42. The van der Waals surface area contributed by atoms with Gasteiger partial charge in [-0.1, -0.05) is 0 Å². The molecule has 1 aromatic carbocycles. The standard InChI is InChI=1S/C14H18N4O3/c19-14-6-5-13(15-14)17-9-7-16(8-10-17)11-1-3-12(4-2-11)18(20)21/h1-4,13H,5-10H2,(H,15,19). The van der Waals surface area contributed by atoms with Crippen molar-refractivity contribution < 1.29 is 9.72 Å². The molecular formula is C14H18N4O3. The molecule has 112 valence electrons. The lowest BCUT2D eigenvalue weighted by molar-refractivity contribution is -0.384. The minimum Gasteiger partial charge on any atom is -0.369 e. The Morgan fingerprint density at radius 1 is 1.14 bits per heavy atom.